The van der Waals surface area contributed by atoms with Crippen molar-refractivity contribution in [1.82, 2.24) is 5.32 Å². The van der Waals surface area contributed by atoms with E-state index in [9.17, 15) is 5.26 Å². The molecule has 1 aromatic carbocycles. The van der Waals surface area contributed by atoms with Crippen LogP contribution in [0.2, 0.25) is 0 Å². The van der Waals surface area contributed by atoms with Crippen LogP contribution >= 0.6 is 15.9 Å². The Balaban J connectivity index is 1.86. The third kappa shape index (κ3) is 2.50. The molecule has 0 amide bonds. The number of anilines is 1. The maximum absolute atomic E-state index is 9.27. The molecule has 2 atom stereocenters. The van der Waals surface area contributed by atoms with Gasteiger partial charge in [-0.2, -0.15) is 5.26 Å². The van der Waals surface area contributed by atoms with Crippen molar-refractivity contribution in [1.29, 1.82) is 5.26 Å². The van der Waals surface area contributed by atoms with E-state index in [0.29, 0.717) is 18.1 Å². The summed E-state index contributed by atoms with van der Waals surface area (Å²) >= 11 is 3.51. The Kier molecular flexibility index (Phi) is 3.51. The van der Waals surface area contributed by atoms with Gasteiger partial charge in [-0.15, -0.1) is 0 Å². The molecular weight excluding hydrogens is 302 g/mol. The summed E-state index contributed by atoms with van der Waals surface area (Å²) in [5.74, 6) is 0. The Bertz CT molecular complexity index is 511. The average Bonchev–Trinajstić information content (AvgIpc) is 2.76. The number of piperidine rings is 1. The Morgan fingerprint density at radius 3 is 2.63 bits per heavy atom. The standard InChI is InChI=1S/C15H18BrN3/c1-19(14-7-12-4-5-13(8-14)18-12)15-6-11(16)3-2-10(15)9-17/h2-3,6,12-14,18H,4-5,7-8H2,1H3. The second-order valence-corrected chi connectivity index (χ2v) is 6.56. The largest absolute Gasteiger partial charge is 0.370 e. The van der Waals surface area contributed by atoms with E-state index >= 15 is 0 Å². The first-order valence-corrected chi connectivity index (χ1v) is 7.65. The minimum absolute atomic E-state index is 0.542. The molecule has 0 aliphatic carbocycles. The molecule has 0 spiro atoms. The highest BCUT2D eigenvalue weighted by Gasteiger charge is 2.35. The predicted molar refractivity (Wildman–Crippen MR) is 80.2 cm³/mol. The van der Waals surface area contributed by atoms with Crippen LogP contribution in [-0.2, 0) is 0 Å². The van der Waals surface area contributed by atoms with Crippen LogP contribution in [0.15, 0.2) is 22.7 Å². The molecule has 2 saturated heterocycles. The van der Waals surface area contributed by atoms with Gasteiger partial charge in [0.1, 0.15) is 6.07 Å². The Hall–Kier alpha value is -1.05. The van der Waals surface area contributed by atoms with E-state index in [0.717, 1.165) is 15.7 Å². The zero-order chi connectivity index (χ0) is 13.4. The molecule has 3 nitrogen and oxygen atoms in total. The van der Waals surface area contributed by atoms with Crippen molar-refractivity contribution in [3.8, 4) is 6.07 Å². The van der Waals surface area contributed by atoms with Gasteiger partial charge in [0.15, 0.2) is 0 Å². The number of nitrogens with one attached hydrogen (secondary N) is 1. The van der Waals surface area contributed by atoms with Crippen LogP contribution < -0.4 is 10.2 Å². The van der Waals surface area contributed by atoms with E-state index in [4.69, 9.17) is 0 Å². The van der Waals surface area contributed by atoms with Crippen molar-refractivity contribution in [3.05, 3.63) is 28.2 Å². The van der Waals surface area contributed by atoms with E-state index in [2.05, 4.69) is 45.3 Å². The quantitative estimate of drug-likeness (QED) is 0.910. The van der Waals surface area contributed by atoms with Gasteiger partial charge in [0.05, 0.1) is 11.3 Å². The number of nitrogens with zero attached hydrogens (tertiary/aromatic N) is 2. The molecule has 0 aromatic heterocycles. The van der Waals surface area contributed by atoms with Gasteiger partial charge in [-0.1, -0.05) is 15.9 Å². The Morgan fingerprint density at radius 2 is 2.00 bits per heavy atom. The first-order valence-electron chi connectivity index (χ1n) is 6.86. The van der Waals surface area contributed by atoms with Crippen molar-refractivity contribution in [2.45, 2.75) is 43.8 Å². The highest BCUT2D eigenvalue weighted by Crippen LogP contribution is 2.33. The molecule has 2 aliphatic heterocycles. The fourth-order valence-corrected chi connectivity index (χ4v) is 3.78. The van der Waals surface area contributed by atoms with Crippen LogP contribution in [0.4, 0.5) is 5.69 Å². The molecule has 1 N–H and O–H groups in total. The summed E-state index contributed by atoms with van der Waals surface area (Å²) in [6, 6.07) is 10.1. The van der Waals surface area contributed by atoms with Crippen LogP contribution in [0.3, 0.4) is 0 Å². The number of rotatable bonds is 2. The van der Waals surface area contributed by atoms with E-state index in [1.807, 2.05) is 12.1 Å². The second-order valence-electron chi connectivity index (χ2n) is 5.65. The lowest BCUT2D eigenvalue weighted by Crippen LogP contribution is -2.47. The second kappa shape index (κ2) is 5.15. The monoisotopic (exact) mass is 319 g/mol. The van der Waals surface area contributed by atoms with Crippen molar-refractivity contribution >= 4 is 21.6 Å². The topological polar surface area (TPSA) is 39.1 Å². The number of halogens is 1. The number of hydrogen-bond donors (Lipinski definition) is 1. The maximum atomic E-state index is 9.27. The molecule has 2 fully saturated rings. The third-order valence-corrected chi connectivity index (χ3v) is 4.95. The molecule has 2 bridgehead atoms. The first kappa shape index (κ1) is 13.0. The van der Waals surface area contributed by atoms with Gasteiger partial charge in [-0.25, -0.2) is 0 Å². The Labute approximate surface area is 122 Å². The van der Waals surface area contributed by atoms with Gasteiger partial charge in [0.25, 0.3) is 0 Å². The molecule has 2 heterocycles. The van der Waals surface area contributed by atoms with Gasteiger partial charge < -0.3 is 10.2 Å². The van der Waals surface area contributed by atoms with E-state index < -0.39 is 0 Å². The fraction of sp³-hybridized carbons (Fsp3) is 0.533. The average molecular weight is 320 g/mol. The van der Waals surface area contributed by atoms with Crippen LogP contribution in [0.5, 0.6) is 0 Å². The SMILES string of the molecule is CN(c1cc(Br)ccc1C#N)C1CC2CCC(C1)N2. The summed E-state index contributed by atoms with van der Waals surface area (Å²) in [7, 11) is 2.12. The van der Waals surface area contributed by atoms with Gasteiger partial charge in [-0.3, -0.25) is 0 Å². The van der Waals surface area contributed by atoms with Crippen LogP contribution in [0.1, 0.15) is 31.2 Å². The van der Waals surface area contributed by atoms with Gasteiger partial charge in [-0.05, 0) is 43.9 Å². The van der Waals surface area contributed by atoms with Gasteiger partial charge in [0, 0.05) is 29.6 Å². The molecule has 0 saturated carbocycles. The molecule has 1 aromatic rings. The number of nitriles is 1. The molecule has 4 heteroatoms. The normalized spacial score (nSPS) is 29.0. The van der Waals surface area contributed by atoms with E-state index in [1.54, 1.807) is 0 Å². The van der Waals surface area contributed by atoms with Crippen LogP contribution in [0, 0.1) is 11.3 Å². The van der Waals surface area contributed by atoms with Crippen molar-refractivity contribution in [2.24, 2.45) is 0 Å². The molecule has 0 radical (unpaired) electrons. The number of hydrogen-bond acceptors (Lipinski definition) is 3. The van der Waals surface area contributed by atoms with Gasteiger partial charge in [0.2, 0.25) is 0 Å². The predicted octanol–water partition coefficient (Wildman–Crippen LogP) is 3.04. The molecule has 2 aliphatic rings. The lowest BCUT2D eigenvalue weighted by atomic mass is 9.97. The smallest absolute Gasteiger partial charge is 0.101 e. The summed E-state index contributed by atoms with van der Waals surface area (Å²) in [4.78, 5) is 2.30. The van der Waals surface area contributed by atoms with E-state index in [-0.39, 0.29) is 0 Å². The molecule has 100 valence electrons. The number of fused-ring (bicyclic) bond motifs is 2. The lowest BCUT2D eigenvalue weighted by Gasteiger charge is -2.37. The van der Waals surface area contributed by atoms with Crippen molar-refractivity contribution < 1.29 is 0 Å². The number of benzene rings is 1. The molecule has 3 rings (SSSR count). The summed E-state index contributed by atoms with van der Waals surface area (Å²) in [6.07, 6.45) is 4.98. The van der Waals surface area contributed by atoms with Crippen molar-refractivity contribution in [3.63, 3.8) is 0 Å². The minimum atomic E-state index is 0.542. The van der Waals surface area contributed by atoms with E-state index in [1.165, 1.54) is 25.7 Å². The summed E-state index contributed by atoms with van der Waals surface area (Å²) in [5.41, 5.74) is 1.81. The molecule has 2 unspecified atom stereocenters. The van der Waals surface area contributed by atoms with Gasteiger partial charge >= 0.3 is 0 Å². The summed E-state index contributed by atoms with van der Waals surface area (Å²) in [6.45, 7) is 0. The molecular formula is C15H18BrN3. The zero-order valence-electron chi connectivity index (χ0n) is 11.1. The van der Waals surface area contributed by atoms with Crippen LogP contribution in [-0.4, -0.2) is 25.2 Å². The van der Waals surface area contributed by atoms with Crippen LogP contribution in [0.25, 0.3) is 0 Å². The van der Waals surface area contributed by atoms with Crippen molar-refractivity contribution in [2.75, 3.05) is 11.9 Å². The summed E-state index contributed by atoms with van der Waals surface area (Å²) in [5, 5.41) is 12.9. The lowest BCUT2D eigenvalue weighted by molar-refractivity contribution is 0.354. The Morgan fingerprint density at radius 1 is 1.32 bits per heavy atom. The summed E-state index contributed by atoms with van der Waals surface area (Å²) < 4.78 is 1.03. The molecule has 19 heavy (non-hydrogen) atoms. The zero-order valence-corrected chi connectivity index (χ0v) is 12.7. The fourth-order valence-electron chi connectivity index (χ4n) is 3.43. The maximum Gasteiger partial charge on any atom is 0.101 e. The minimum Gasteiger partial charge on any atom is -0.370 e. The first-order chi connectivity index (χ1) is 9.17. The third-order valence-electron chi connectivity index (χ3n) is 4.46. The highest BCUT2D eigenvalue weighted by atomic mass is 79.9. The highest BCUT2D eigenvalue weighted by molar-refractivity contribution is 9.10.